The third-order valence-corrected chi connectivity index (χ3v) is 4.29. The van der Waals surface area contributed by atoms with E-state index in [0.29, 0.717) is 24.7 Å². The lowest BCUT2D eigenvalue weighted by Crippen LogP contribution is -2.21. The van der Waals surface area contributed by atoms with Crippen molar-refractivity contribution in [2.45, 2.75) is 39.7 Å². The van der Waals surface area contributed by atoms with Gasteiger partial charge >= 0.3 is 5.97 Å². The Labute approximate surface area is 152 Å². The van der Waals surface area contributed by atoms with Crippen LogP contribution in [0.2, 0.25) is 0 Å². The summed E-state index contributed by atoms with van der Waals surface area (Å²) in [6.07, 6.45) is 2.73. The average molecular weight is 357 g/mol. The first-order valence-electron chi connectivity index (χ1n) is 8.93. The summed E-state index contributed by atoms with van der Waals surface area (Å²) in [5, 5.41) is 0. The van der Waals surface area contributed by atoms with Gasteiger partial charge in [0.2, 0.25) is 0 Å². The molecule has 6 heteroatoms. The number of nitrogens with one attached hydrogen (secondary N) is 1. The minimum absolute atomic E-state index is 0.0571. The molecule has 0 aliphatic heterocycles. The lowest BCUT2D eigenvalue weighted by atomic mass is 10.1. The molecular weight excluding hydrogens is 334 g/mol. The highest BCUT2D eigenvalue weighted by Crippen LogP contribution is 2.29. The Balaban J connectivity index is 1.72. The molecule has 0 unspecified atom stereocenters. The van der Waals surface area contributed by atoms with E-state index in [0.717, 1.165) is 36.1 Å². The predicted molar refractivity (Wildman–Crippen MR) is 97.0 cm³/mol. The molecule has 26 heavy (non-hydrogen) atoms. The van der Waals surface area contributed by atoms with Crippen molar-refractivity contribution in [1.82, 2.24) is 4.98 Å². The zero-order chi connectivity index (χ0) is 18.5. The maximum Gasteiger partial charge on any atom is 0.344 e. The summed E-state index contributed by atoms with van der Waals surface area (Å²) in [7, 11) is 0. The molecule has 138 valence electrons. The van der Waals surface area contributed by atoms with E-state index in [1.807, 2.05) is 19.9 Å². The first-order valence-corrected chi connectivity index (χ1v) is 8.93. The van der Waals surface area contributed by atoms with E-state index < -0.39 is 11.5 Å². The van der Waals surface area contributed by atoms with E-state index in [9.17, 15) is 9.59 Å². The first kappa shape index (κ1) is 18.0. The third-order valence-electron chi connectivity index (χ3n) is 4.29. The maximum absolute atomic E-state index is 12.3. The Morgan fingerprint density at radius 2 is 1.85 bits per heavy atom. The normalized spacial score (nSPS) is 12.5. The summed E-state index contributed by atoms with van der Waals surface area (Å²) in [5.41, 5.74) is 2.39. The molecule has 1 heterocycles. The van der Waals surface area contributed by atoms with Gasteiger partial charge in [-0.25, -0.2) is 4.79 Å². The highest BCUT2D eigenvalue weighted by atomic mass is 16.5. The predicted octanol–water partition coefficient (Wildman–Crippen LogP) is 3.02. The number of hydrogen-bond donors (Lipinski definition) is 1. The second kappa shape index (κ2) is 8.08. The summed E-state index contributed by atoms with van der Waals surface area (Å²) in [6.45, 7) is 4.90. The summed E-state index contributed by atoms with van der Waals surface area (Å²) >= 11 is 0. The number of esters is 1. The molecule has 0 spiro atoms. The molecule has 1 aliphatic rings. The van der Waals surface area contributed by atoms with Crippen LogP contribution in [-0.2, 0) is 24.2 Å². The molecule has 0 amide bonds. The molecule has 1 N–H and O–H groups in total. The van der Waals surface area contributed by atoms with Crippen molar-refractivity contribution in [2.24, 2.45) is 0 Å². The van der Waals surface area contributed by atoms with Crippen molar-refractivity contribution in [2.75, 3.05) is 13.2 Å². The second-order valence-electron chi connectivity index (χ2n) is 6.09. The number of rotatable bonds is 7. The van der Waals surface area contributed by atoms with E-state index in [4.69, 9.17) is 14.2 Å². The van der Waals surface area contributed by atoms with Crippen LogP contribution in [0.3, 0.4) is 0 Å². The van der Waals surface area contributed by atoms with E-state index in [1.165, 1.54) is 0 Å². The summed E-state index contributed by atoms with van der Waals surface area (Å²) in [6, 6.07) is 7.05. The largest absolute Gasteiger partial charge is 0.490 e. The molecule has 0 saturated heterocycles. The van der Waals surface area contributed by atoms with E-state index in [2.05, 4.69) is 4.98 Å². The monoisotopic (exact) mass is 357 g/mol. The zero-order valence-corrected chi connectivity index (χ0v) is 15.1. The maximum atomic E-state index is 12.3. The molecule has 0 saturated carbocycles. The van der Waals surface area contributed by atoms with Crippen LogP contribution >= 0.6 is 0 Å². The topological polar surface area (TPSA) is 77.6 Å². The minimum atomic E-state index is -0.618. The molecule has 1 aliphatic carbocycles. The highest BCUT2D eigenvalue weighted by Gasteiger charge is 2.19. The number of pyridine rings is 1. The van der Waals surface area contributed by atoms with E-state index >= 15 is 0 Å². The summed E-state index contributed by atoms with van der Waals surface area (Å²) in [5.74, 6) is 0.644. The van der Waals surface area contributed by atoms with Gasteiger partial charge in [0.05, 0.1) is 13.2 Å². The number of carbonyl (C=O) groups excluding carboxylic acids is 1. The van der Waals surface area contributed by atoms with Gasteiger partial charge in [0.1, 0.15) is 12.2 Å². The molecule has 3 rings (SSSR count). The zero-order valence-electron chi connectivity index (χ0n) is 15.1. The van der Waals surface area contributed by atoms with Crippen molar-refractivity contribution >= 4 is 5.97 Å². The van der Waals surface area contributed by atoms with Crippen LogP contribution in [0.25, 0.3) is 0 Å². The number of fused-ring (bicyclic) bond motifs is 1. The number of hydrogen-bond acceptors (Lipinski definition) is 5. The number of aromatic amines is 1. The van der Waals surface area contributed by atoms with Gasteiger partial charge in [-0.05, 0) is 62.4 Å². The molecule has 6 nitrogen and oxygen atoms in total. The van der Waals surface area contributed by atoms with Gasteiger partial charge in [0.15, 0.2) is 11.5 Å². The van der Waals surface area contributed by atoms with Crippen LogP contribution in [0, 0.1) is 0 Å². The lowest BCUT2D eigenvalue weighted by Gasteiger charge is -2.12. The lowest BCUT2D eigenvalue weighted by molar-refractivity contribution is 0.0470. The Morgan fingerprint density at radius 1 is 1.08 bits per heavy atom. The number of ether oxygens (including phenoxy) is 3. The standard InChI is InChI=1S/C20H23NO5/c1-3-24-17-9-8-13(10-18(17)25-4-2)12-26-20(23)15-11-14-6-5-7-16(14)21-19(15)22/h8-11H,3-7,12H2,1-2H3,(H,21,22). The molecule has 0 fully saturated rings. The van der Waals surface area contributed by atoms with Gasteiger partial charge in [-0.1, -0.05) is 6.07 Å². The van der Waals surface area contributed by atoms with Gasteiger partial charge in [-0.3, -0.25) is 4.79 Å². The van der Waals surface area contributed by atoms with Crippen LogP contribution in [0.1, 0.15) is 47.4 Å². The molecule has 0 atom stereocenters. The molecule has 1 aromatic carbocycles. The summed E-state index contributed by atoms with van der Waals surface area (Å²) < 4.78 is 16.4. The Bertz CT molecular complexity index is 856. The van der Waals surface area contributed by atoms with Crippen LogP contribution in [0.4, 0.5) is 0 Å². The molecule has 1 aromatic heterocycles. The van der Waals surface area contributed by atoms with Crippen molar-refractivity contribution in [3.8, 4) is 11.5 Å². The van der Waals surface area contributed by atoms with Crippen LogP contribution in [0.5, 0.6) is 11.5 Å². The second-order valence-corrected chi connectivity index (χ2v) is 6.09. The number of benzene rings is 1. The van der Waals surface area contributed by atoms with Gasteiger partial charge < -0.3 is 19.2 Å². The smallest absolute Gasteiger partial charge is 0.344 e. The Hall–Kier alpha value is -2.76. The van der Waals surface area contributed by atoms with Gasteiger partial charge in [0, 0.05) is 5.69 Å². The van der Waals surface area contributed by atoms with Crippen LogP contribution in [-0.4, -0.2) is 24.2 Å². The number of H-pyrrole nitrogens is 1. The Kier molecular flexibility index (Phi) is 5.61. The van der Waals surface area contributed by atoms with Crippen molar-refractivity contribution in [1.29, 1.82) is 0 Å². The van der Waals surface area contributed by atoms with Crippen LogP contribution < -0.4 is 15.0 Å². The van der Waals surface area contributed by atoms with Crippen molar-refractivity contribution in [3.05, 3.63) is 57.0 Å². The fourth-order valence-electron chi connectivity index (χ4n) is 3.08. The van der Waals surface area contributed by atoms with E-state index in [-0.39, 0.29) is 12.2 Å². The van der Waals surface area contributed by atoms with Crippen molar-refractivity contribution < 1.29 is 19.0 Å². The number of carbonyl (C=O) groups is 1. The van der Waals surface area contributed by atoms with Crippen LogP contribution in [0.15, 0.2) is 29.1 Å². The fraction of sp³-hybridized carbons (Fsp3) is 0.400. The minimum Gasteiger partial charge on any atom is -0.490 e. The SMILES string of the molecule is CCOc1ccc(COC(=O)c2cc3c([nH]c2=O)CCC3)cc1OCC. The van der Waals surface area contributed by atoms with E-state index in [1.54, 1.807) is 18.2 Å². The highest BCUT2D eigenvalue weighted by molar-refractivity contribution is 5.89. The van der Waals surface area contributed by atoms with Gasteiger partial charge in [-0.2, -0.15) is 0 Å². The molecule has 0 radical (unpaired) electrons. The fourth-order valence-corrected chi connectivity index (χ4v) is 3.08. The average Bonchev–Trinajstić information content (AvgIpc) is 3.08. The number of aryl methyl sites for hydroxylation is 2. The van der Waals surface area contributed by atoms with Crippen molar-refractivity contribution in [3.63, 3.8) is 0 Å². The van der Waals surface area contributed by atoms with Gasteiger partial charge in [0.25, 0.3) is 5.56 Å². The molecular formula is C20H23NO5. The number of aromatic nitrogens is 1. The molecule has 2 aromatic rings. The quantitative estimate of drug-likeness (QED) is 0.771. The third kappa shape index (κ3) is 3.90. The van der Waals surface area contributed by atoms with Gasteiger partial charge in [-0.15, -0.1) is 0 Å². The molecule has 0 bridgehead atoms. The summed E-state index contributed by atoms with van der Waals surface area (Å²) in [4.78, 5) is 27.2. The Morgan fingerprint density at radius 3 is 2.62 bits per heavy atom. The first-order chi connectivity index (χ1) is 12.6.